The number of hydrogen-bond acceptors (Lipinski definition) is 8. The molecule has 8 heteroatoms. The first kappa shape index (κ1) is 27.3. The van der Waals surface area contributed by atoms with Crippen LogP contribution in [0.25, 0.3) is 0 Å². The highest BCUT2D eigenvalue weighted by Crippen LogP contribution is 2.48. The fraction of sp³-hybridized carbons (Fsp3) is 0.400. The summed E-state index contributed by atoms with van der Waals surface area (Å²) in [6, 6.07) is 12.6. The maximum Gasteiger partial charge on any atom is 0.337 e. The molecule has 8 nitrogen and oxygen atoms in total. The molecular weight excluding hydrogens is 486 g/mol. The topological polar surface area (TPSA) is 103 Å². The maximum absolute atomic E-state index is 13.6. The van der Waals surface area contributed by atoms with Crippen molar-refractivity contribution in [3.8, 4) is 17.2 Å². The predicted octanol–water partition coefficient (Wildman–Crippen LogP) is 4.42. The maximum atomic E-state index is 13.6. The SMILES string of the molecule is COc1ccc(COC(=O)C2=C(C)NC3=C(C(=O)CC(C)(C)C3)[C@@H]2c2ccc(OCCO)c(OC)c2)cc1. The van der Waals surface area contributed by atoms with Gasteiger partial charge in [-0.2, -0.15) is 0 Å². The third kappa shape index (κ3) is 5.70. The smallest absolute Gasteiger partial charge is 0.337 e. The molecule has 1 atom stereocenters. The van der Waals surface area contributed by atoms with E-state index < -0.39 is 11.9 Å². The van der Waals surface area contributed by atoms with Crippen molar-refractivity contribution in [2.45, 2.75) is 46.1 Å². The highest BCUT2D eigenvalue weighted by molar-refractivity contribution is 6.04. The Balaban J connectivity index is 1.72. The van der Waals surface area contributed by atoms with Crippen LogP contribution in [0.1, 0.15) is 50.7 Å². The number of Topliss-reactive ketones (excluding diaryl/α,β-unsaturated/α-hetero) is 1. The molecule has 2 aromatic carbocycles. The molecule has 0 spiro atoms. The minimum atomic E-state index is -0.626. The molecule has 0 saturated carbocycles. The third-order valence-electron chi connectivity index (χ3n) is 6.86. The number of carbonyl (C=O) groups excluding carboxylic acids is 2. The van der Waals surface area contributed by atoms with Crippen LogP contribution in [0, 0.1) is 5.41 Å². The van der Waals surface area contributed by atoms with Gasteiger partial charge in [0.15, 0.2) is 17.3 Å². The summed E-state index contributed by atoms with van der Waals surface area (Å²) >= 11 is 0. The zero-order valence-electron chi connectivity index (χ0n) is 22.6. The molecule has 2 N–H and O–H groups in total. The summed E-state index contributed by atoms with van der Waals surface area (Å²) in [5.41, 5.74) is 3.79. The molecule has 38 heavy (non-hydrogen) atoms. The van der Waals surface area contributed by atoms with Crippen LogP contribution in [0.5, 0.6) is 17.2 Å². The van der Waals surface area contributed by atoms with E-state index in [0.717, 1.165) is 16.8 Å². The minimum Gasteiger partial charge on any atom is -0.497 e. The minimum absolute atomic E-state index is 0.00118. The number of allylic oxidation sites excluding steroid dienone is 3. The molecule has 2 aliphatic rings. The van der Waals surface area contributed by atoms with Crippen LogP contribution < -0.4 is 19.5 Å². The standard InChI is InChI=1S/C30H35NO7/c1-18-26(29(34)38-17-19-6-9-21(35-4)10-7-19)27(28-22(31-18)15-30(2,3)16-23(28)33)20-8-11-24(37-13-12-32)25(14-20)36-5/h6-11,14,27,31-32H,12-13,15-17H2,1-5H3/t27-/m1/s1. The van der Waals surface area contributed by atoms with E-state index in [9.17, 15) is 9.59 Å². The van der Waals surface area contributed by atoms with Gasteiger partial charge in [-0.1, -0.05) is 32.0 Å². The van der Waals surface area contributed by atoms with Gasteiger partial charge in [-0.3, -0.25) is 4.79 Å². The van der Waals surface area contributed by atoms with Gasteiger partial charge in [0, 0.05) is 29.3 Å². The van der Waals surface area contributed by atoms with Crippen LogP contribution in [-0.2, 0) is 20.9 Å². The van der Waals surface area contributed by atoms with Crippen LogP contribution >= 0.6 is 0 Å². The molecule has 2 aromatic rings. The van der Waals surface area contributed by atoms with Gasteiger partial charge in [0.25, 0.3) is 0 Å². The lowest BCUT2D eigenvalue weighted by Crippen LogP contribution is -2.38. The quantitative estimate of drug-likeness (QED) is 0.468. The fourth-order valence-electron chi connectivity index (χ4n) is 5.13. The molecule has 0 amide bonds. The Morgan fingerprint density at radius 1 is 1.05 bits per heavy atom. The van der Waals surface area contributed by atoms with E-state index in [1.165, 1.54) is 7.11 Å². The second kappa shape index (κ2) is 11.3. The molecule has 0 aromatic heterocycles. The number of dihydropyridines is 1. The highest BCUT2D eigenvalue weighted by Gasteiger charge is 2.43. The summed E-state index contributed by atoms with van der Waals surface area (Å²) in [6.45, 7) is 6.04. The monoisotopic (exact) mass is 521 g/mol. The van der Waals surface area contributed by atoms with E-state index >= 15 is 0 Å². The first-order chi connectivity index (χ1) is 18.2. The molecule has 0 saturated heterocycles. The van der Waals surface area contributed by atoms with Gasteiger partial charge in [0.1, 0.15) is 19.0 Å². The molecule has 1 aliphatic carbocycles. The van der Waals surface area contributed by atoms with E-state index in [-0.39, 0.29) is 31.0 Å². The second-order valence-electron chi connectivity index (χ2n) is 10.3. The largest absolute Gasteiger partial charge is 0.497 e. The number of methoxy groups -OCH3 is 2. The van der Waals surface area contributed by atoms with Crippen LogP contribution in [0.15, 0.2) is 65.0 Å². The molecule has 0 fully saturated rings. The zero-order chi connectivity index (χ0) is 27.4. The van der Waals surface area contributed by atoms with Crippen LogP contribution in [0.4, 0.5) is 0 Å². The number of nitrogens with one attached hydrogen (secondary N) is 1. The number of ketones is 1. The van der Waals surface area contributed by atoms with Gasteiger partial charge >= 0.3 is 5.97 Å². The van der Waals surface area contributed by atoms with Crippen molar-refractivity contribution >= 4 is 11.8 Å². The van der Waals surface area contributed by atoms with E-state index in [1.807, 2.05) is 37.3 Å². The summed E-state index contributed by atoms with van der Waals surface area (Å²) < 4.78 is 22.1. The van der Waals surface area contributed by atoms with Crippen LogP contribution in [-0.4, -0.2) is 44.3 Å². The number of hydrogen-bond donors (Lipinski definition) is 2. The van der Waals surface area contributed by atoms with Crippen molar-refractivity contribution in [3.05, 3.63) is 76.1 Å². The van der Waals surface area contributed by atoms with Gasteiger partial charge < -0.3 is 29.4 Å². The number of rotatable bonds is 9. The lowest BCUT2D eigenvalue weighted by molar-refractivity contribution is -0.140. The molecule has 0 radical (unpaired) electrons. The zero-order valence-corrected chi connectivity index (χ0v) is 22.6. The van der Waals surface area contributed by atoms with Crippen molar-refractivity contribution in [3.63, 3.8) is 0 Å². The lowest BCUT2D eigenvalue weighted by Gasteiger charge is -2.39. The van der Waals surface area contributed by atoms with Gasteiger partial charge in [-0.25, -0.2) is 4.79 Å². The predicted molar refractivity (Wildman–Crippen MR) is 142 cm³/mol. The molecule has 1 heterocycles. The van der Waals surface area contributed by atoms with Crippen molar-refractivity contribution in [1.82, 2.24) is 5.32 Å². The summed E-state index contributed by atoms with van der Waals surface area (Å²) in [4.78, 5) is 27.1. The number of aliphatic hydroxyl groups is 1. The summed E-state index contributed by atoms with van der Waals surface area (Å²) in [5, 5.41) is 12.5. The normalized spacial score (nSPS) is 18.5. The van der Waals surface area contributed by atoms with Gasteiger partial charge in [0.05, 0.1) is 26.4 Å². The second-order valence-corrected chi connectivity index (χ2v) is 10.3. The number of ether oxygens (including phenoxy) is 4. The van der Waals surface area contributed by atoms with Crippen LogP contribution in [0.3, 0.4) is 0 Å². The Bertz CT molecular complexity index is 1270. The molecule has 1 aliphatic heterocycles. The van der Waals surface area contributed by atoms with Crippen molar-refractivity contribution < 1.29 is 33.6 Å². The highest BCUT2D eigenvalue weighted by atomic mass is 16.5. The Labute approximate surface area is 223 Å². The van der Waals surface area contributed by atoms with E-state index in [2.05, 4.69) is 19.2 Å². The van der Waals surface area contributed by atoms with E-state index in [1.54, 1.807) is 19.2 Å². The molecule has 4 rings (SSSR count). The number of esters is 1. The first-order valence-corrected chi connectivity index (χ1v) is 12.6. The third-order valence-corrected chi connectivity index (χ3v) is 6.86. The number of carbonyl (C=O) groups is 2. The van der Waals surface area contributed by atoms with Gasteiger partial charge in [-0.05, 0) is 54.2 Å². The molecular formula is C30H35NO7. The van der Waals surface area contributed by atoms with E-state index in [0.29, 0.717) is 46.9 Å². The van der Waals surface area contributed by atoms with Crippen LogP contribution in [0.2, 0.25) is 0 Å². The average Bonchev–Trinajstić information content (AvgIpc) is 2.89. The lowest BCUT2D eigenvalue weighted by atomic mass is 9.68. The Morgan fingerprint density at radius 3 is 2.45 bits per heavy atom. The van der Waals surface area contributed by atoms with Crippen molar-refractivity contribution in [2.75, 3.05) is 27.4 Å². The molecule has 202 valence electrons. The van der Waals surface area contributed by atoms with Gasteiger partial charge in [-0.15, -0.1) is 0 Å². The summed E-state index contributed by atoms with van der Waals surface area (Å²) in [6.07, 6.45) is 1.07. The molecule has 0 bridgehead atoms. The van der Waals surface area contributed by atoms with Crippen molar-refractivity contribution in [2.24, 2.45) is 5.41 Å². The average molecular weight is 522 g/mol. The summed E-state index contributed by atoms with van der Waals surface area (Å²) in [5.74, 6) is 0.506. The number of benzene rings is 2. The summed E-state index contributed by atoms with van der Waals surface area (Å²) in [7, 11) is 3.12. The Kier molecular flexibility index (Phi) is 8.11. The number of aliphatic hydroxyl groups excluding tert-OH is 1. The molecule has 0 unspecified atom stereocenters. The fourth-order valence-corrected chi connectivity index (χ4v) is 5.13. The van der Waals surface area contributed by atoms with Gasteiger partial charge in [0.2, 0.25) is 0 Å². The Hall–Kier alpha value is -3.78. The van der Waals surface area contributed by atoms with E-state index in [4.69, 9.17) is 24.1 Å². The Morgan fingerprint density at radius 2 is 1.79 bits per heavy atom. The van der Waals surface area contributed by atoms with Crippen molar-refractivity contribution in [1.29, 1.82) is 0 Å². The first-order valence-electron chi connectivity index (χ1n) is 12.6.